The van der Waals surface area contributed by atoms with Crippen molar-refractivity contribution < 1.29 is 24.3 Å². The van der Waals surface area contributed by atoms with Crippen LogP contribution in [0.2, 0.25) is 0 Å². The SMILES string of the molecule is CN1C(C)(C)CC(OC(=O)CCC(=O)OC2CC(C)(C)N(O)C(C)(C)C2)CC1(C)C. The van der Waals surface area contributed by atoms with E-state index in [2.05, 4.69) is 39.6 Å². The highest BCUT2D eigenvalue weighted by Gasteiger charge is 2.47. The van der Waals surface area contributed by atoms with Crippen LogP contribution < -0.4 is 0 Å². The summed E-state index contributed by atoms with van der Waals surface area (Å²) in [6, 6.07) is 0. The number of hydroxylamine groups is 2. The average molecular weight is 427 g/mol. The minimum atomic E-state index is -0.487. The Kier molecular flexibility index (Phi) is 7.02. The first-order valence-electron chi connectivity index (χ1n) is 11.1. The minimum absolute atomic E-state index is 0.0123. The lowest BCUT2D eigenvalue weighted by molar-refractivity contribution is -0.259. The summed E-state index contributed by atoms with van der Waals surface area (Å²) in [4.78, 5) is 27.1. The van der Waals surface area contributed by atoms with Gasteiger partial charge < -0.3 is 14.7 Å². The molecule has 2 saturated heterocycles. The maximum Gasteiger partial charge on any atom is 0.306 e. The van der Waals surface area contributed by atoms with E-state index in [1.807, 2.05) is 27.7 Å². The van der Waals surface area contributed by atoms with Crippen molar-refractivity contribution in [2.45, 2.75) is 128 Å². The molecule has 0 radical (unpaired) electrons. The Labute approximate surface area is 182 Å². The fraction of sp³-hybridized carbons (Fsp3) is 0.913. The van der Waals surface area contributed by atoms with Crippen molar-refractivity contribution >= 4 is 11.9 Å². The van der Waals surface area contributed by atoms with Gasteiger partial charge in [-0.25, -0.2) is 0 Å². The Hall–Kier alpha value is -1.18. The summed E-state index contributed by atoms with van der Waals surface area (Å²) in [6.45, 7) is 16.3. The summed E-state index contributed by atoms with van der Waals surface area (Å²) in [5.41, 5.74) is -1.10. The molecule has 0 aromatic carbocycles. The molecule has 1 N–H and O–H groups in total. The van der Waals surface area contributed by atoms with Crippen LogP contribution in [0.1, 0.15) is 93.9 Å². The number of rotatable bonds is 5. The summed E-state index contributed by atoms with van der Waals surface area (Å²) in [7, 11) is 2.11. The van der Waals surface area contributed by atoms with Gasteiger partial charge in [0.15, 0.2) is 0 Å². The molecule has 30 heavy (non-hydrogen) atoms. The summed E-state index contributed by atoms with van der Waals surface area (Å²) >= 11 is 0. The van der Waals surface area contributed by atoms with E-state index in [0.717, 1.165) is 12.8 Å². The van der Waals surface area contributed by atoms with E-state index in [9.17, 15) is 14.8 Å². The maximum atomic E-state index is 12.4. The first kappa shape index (κ1) is 25.1. The number of likely N-dealkylation sites (tertiary alicyclic amines) is 1. The molecule has 0 aliphatic carbocycles. The van der Waals surface area contributed by atoms with Crippen LogP contribution in [0.5, 0.6) is 0 Å². The Morgan fingerprint density at radius 2 is 1.03 bits per heavy atom. The van der Waals surface area contributed by atoms with Crippen molar-refractivity contribution in [3.05, 3.63) is 0 Å². The quantitative estimate of drug-likeness (QED) is 0.668. The van der Waals surface area contributed by atoms with Gasteiger partial charge in [-0.3, -0.25) is 14.5 Å². The number of carbonyl (C=O) groups is 2. The zero-order valence-corrected chi connectivity index (χ0v) is 20.4. The van der Waals surface area contributed by atoms with Crippen molar-refractivity contribution in [3.63, 3.8) is 0 Å². The van der Waals surface area contributed by atoms with E-state index in [1.165, 1.54) is 5.06 Å². The third-order valence-electron chi connectivity index (χ3n) is 7.00. The summed E-state index contributed by atoms with van der Waals surface area (Å²) in [5, 5.41) is 11.7. The molecule has 2 aliphatic rings. The summed E-state index contributed by atoms with van der Waals surface area (Å²) in [6.07, 6.45) is 2.24. The molecule has 0 spiro atoms. The van der Waals surface area contributed by atoms with Crippen molar-refractivity contribution in [2.75, 3.05) is 7.05 Å². The van der Waals surface area contributed by atoms with Gasteiger partial charge >= 0.3 is 11.9 Å². The Morgan fingerprint density at radius 3 is 1.37 bits per heavy atom. The molecule has 2 heterocycles. The molecule has 0 amide bonds. The molecule has 7 heteroatoms. The van der Waals surface area contributed by atoms with E-state index in [4.69, 9.17) is 9.47 Å². The molecule has 0 atom stereocenters. The largest absolute Gasteiger partial charge is 0.462 e. The third kappa shape index (κ3) is 5.74. The summed E-state index contributed by atoms with van der Waals surface area (Å²) < 4.78 is 11.4. The van der Waals surface area contributed by atoms with Gasteiger partial charge in [-0.2, -0.15) is 5.06 Å². The highest BCUT2D eigenvalue weighted by Crippen LogP contribution is 2.39. The van der Waals surface area contributed by atoms with Crippen molar-refractivity contribution in [3.8, 4) is 0 Å². The topological polar surface area (TPSA) is 79.3 Å². The highest BCUT2D eigenvalue weighted by atomic mass is 16.6. The van der Waals surface area contributed by atoms with Crippen LogP contribution >= 0.6 is 0 Å². The molecular formula is C23H42N2O5. The molecule has 7 nitrogen and oxygen atoms in total. The molecule has 2 rings (SSSR count). The molecule has 2 fully saturated rings. The van der Waals surface area contributed by atoms with Gasteiger partial charge in [-0.1, -0.05) is 0 Å². The van der Waals surface area contributed by atoms with E-state index < -0.39 is 11.1 Å². The number of piperidine rings is 2. The first-order valence-corrected chi connectivity index (χ1v) is 11.1. The Morgan fingerprint density at radius 1 is 0.733 bits per heavy atom. The number of hydrogen-bond donors (Lipinski definition) is 1. The Bertz CT molecular complexity index is 564. The van der Waals surface area contributed by atoms with Crippen molar-refractivity contribution in [1.82, 2.24) is 9.96 Å². The second kappa shape index (κ2) is 8.40. The number of esters is 2. The van der Waals surface area contributed by atoms with Crippen molar-refractivity contribution in [1.29, 1.82) is 0 Å². The molecule has 0 unspecified atom stereocenters. The number of carbonyl (C=O) groups excluding carboxylic acids is 2. The minimum Gasteiger partial charge on any atom is -0.462 e. The zero-order valence-electron chi connectivity index (χ0n) is 20.4. The average Bonchev–Trinajstić information content (AvgIpc) is 2.54. The van der Waals surface area contributed by atoms with Crippen LogP contribution in [-0.2, 0) is 19.1 Å². The lowest BCUT2D eigenvalue weighted by Crippen LogP contribution is -2.60. The van der Waals surface area contributed by atoms with Gasteiger partial charge in [0.2, 0.25) is 0 Å². The van der Waals surface area contributed by atoms with Crippen LogP contribution in [-0.4, -0.2) is 68.5 Å². The molecule has 0 aromatic heterocycles. The third-order valence-corrected chi connectivity index (χ3v) is 7.00. The lowest BCUT2D eigenvalue weighted by Gasteiger charge is -2.53. The number of nitrogens with zero attached hydrogens (tertiary/aromatic N) is 2. The second-order valence-corrected chi connectivity index (χ2v) is 11.7. The van der Waals surface area contributed by atoms with E-state index >= 15 is 0 Å². The van der Waals surface area contributed by atoms with Crippen LogP contribution in [0.25, 0.3) is 0 Å². The van der Waals surface area contributed by atoms with Gasteiger partial charge in [-0.05, 0) is 62.4 Å². The van der Waals surface area contributed by atoms with Gasteiger partial charge in [0.05, 0.1) is 12.8 Å². The number of hydrogen-bond acceptors (Lipinski definition) is 7. The molecular weight excluding hydrogens is 384 g/mol. The molecule has 2 aliphatic heterocycles. The van der Waals surface area contributed by atoms with Crippen LogP contribution in [0.3, 0.4) is 0 Å². The highest BCUT2D eigenvalue weighted by molar-refractivity contribution is 5.77. The Balaban J connectivity index is 1.83. The van der Waals surface area contributed by atoms with E-state index in [-0.39, 0.29) is 48.1 Å². The molecule has 0 bridgehead atoms. The lowest BCUT2D eigenvalue weighted by atomic mass is 9.79. The molecule has 174 valence electrons. The first-order chi connectivity index (χ1) is 13.5. The van der Waals surface area contributed by atoms with E-state index in [1.54, 1.807) is 0 Å². The van der Waals surface area contributed by atoms with E-state index in [0.29, 0.717) is 12.8 Å². The van der Waals surface area contributed by atoms with Gasteiger partial charge in [0.25, 0.3) is 0 Å². The molecule has 0 saturated carbocycles. The normalized spacial score (nSPS) is 26.9. The predicted octanol–water partition coefficient (Wildman–Crippen LogP) is 3.92. The fourth-order valence-corrected chi connectivity index (χ4v) is 5.32. The van der Waals surface area contributed by atoms with Gasteiger partial charge in [0.1, 0.15) is 12.2 Å². The second-order valence-electron chi connectivity index (χ2n) is 11.7. The monoisotopic (exact) mass is 426 g/mol. The maximum absolute atomic E-state index is 12.4. The molecule has 0 aromatic rings. The smallest absolute Gasteiger partial charge is 0.306 e. The fourth-order valence-electron chi connectivity index (χ4n) is 5.32. The van der Waals surface area contributed by atoms with Crippen molar-refractivity contribution in [2.24, 2.45) is 0 Å². The standard InChI is InChI=1S/C23H42N2O5/c1-20(2)12-16(13-21(3,4)24(20)9)29-18(26)10-11-19(27)30-17-14-22(5,6)25(28)23(7,8)15-17/h16-17,28H,10-15H2,1-9H3. The van der Waals surface area contributed by atoms with Crippen LogP contribution in [0.15, 0.2) is 0 Å². The van der Waals surface area contributed by atoms with Gasteiger partial charge in [0, 0.05) is 47.8 Å². The van der Waals surface area contributed by atoms with Crippen LogP contribution in [0, 0.1) is 0 Å². The predicted molar refractivity (Wildman–Crippen MR) is 115 cm³/mol. The van der Waals surface area contributed by atoms with Crippen LogP contribution in [0.4, 0.5) is 0 Å². The summed E-state index contributed by atoms with van der Waals surface area (Å²) in [5.74, 6) is -0.738. The van der Waals surface area contributed by atoms with Gasteiger partial charge in [-0.15, -0.1) is 0 Å². The number of ether oxygens (including phenoxy) is 2. The zero-order chi connectivity index (χ0) is 23.1.